The molecule has 0 radical (unpaired) electrons. The zero-order chi connectivity index (χ0) is 33.8. The first kappa shape index (κ1) is 36.9. The lowest BCUT2D eigenvalue weighted by molar-refractivity contribution is -0.141. The van der Waals surface area contributed by atoms with Gasteiger partial charge in [0.15, 0.2) is 0 Å². The van der Waals surface area contributed by atoms with E-state index in [1.807, 2.05) is 74.5 Å². The minimum Gasteiger partial charge on any atom is -0.481 e. The summed E-state index contributed by atoms with van der Waals surface area (Å²) in [4.78, 5) is 45.0. The fourth-order valence-corrected chi connectivity index (χ4v) is 6.28. The molecular formula is C36H50N4O5S. The van der Waals surface area contributed by atoms with E-state index in [1.54, 1.807) is 24.3 Å². The number of carbonyl (C=O) groups excluding carboxylic acids is 2. The molecule has 10 heteroatoms. The standard InChI is InChI=1S/C36H50N4O5S/c1-7-24(4)32(37)35(42)40(6)30(23(2)3)20-31(45-21-27-16-12-9-13-17-27)34-39-29(22-46-34)33(41)38-28(18-25(5)36(43)44)19-26-14-10-8-11-15-26/h8-17,22-25,28,30-32H,7,18-21,37H2,1-6H3,(H,38,41)(H,43,44). The van der Waals surface area contributed by atoms with E-state index in [0.717, 1.165) is 17.5 Å². The van der Waals surface area contributed by atoms with E-state index in [1.165, 1.54) is 11.3 Å². The van der Waals surface area contributed by atoms with E-state index in [0.29, 0.717) is 24.5 Å². The summed E-state index contributed by atoms with van der Waals surface area (Å²) < 4.78 is 6.47. The van der Waals surface area contributed by atoms with Crippen LogP contribution in [0.5, 0.6) is 0 Å². The quantitative estimate of drug-likeness (QED) is 0.151. The summed E-state index contributed by atoms with van der Waals surface area (Å²) >= 11 is 1.34. The van der Waals surface area contributed by atoms with Crippen molar-refractivity contribution in [1.29, 1.82) is 0 Å². The summed E-state index contributed by atoms with van der Waals surface area (Å²) in [7, 11) is 1.80. The molecule has 2 amide bonds. The maximum Gasteiger partial charge on any atom is 0.306 e. The Bertz CT molecular complexity index is 1380. The Morgan fingerprint density at radius 3 is 2.15 bits per heavy atom. The molecular weight excluding hydrogens is 600 g/mol. The molecule has 0 aliphatic carbocycles. The van der Waals surface area contributed by atoms with E-state index in [2.05, 4.69) is 19.2 Å². The molecule has 0 saturated carbocycles. The highest BCUT2D eigenvalue weighted by Gasteiger charge is 2.33. The number of rotatable bonds is 18. The third-order valence-electron chi connectivity index (χ3n) is 8.66. The van der Waals surface area contributed by atoms with Crippen LogP contribution in [0, 0.1) is 17.8 Å². The Hall–Kier alpha value is -3.60. The maximum atomic E-state index is 13.5. The Morgan fingerprint density at radius 1 is 0.978 bits per heavy atom. The van der Waals surface area contributed by atoms with Gasteiger partial charge in [0.05, 0.1) is 18.6 Å². The number of nitrogens with one attached hydrogen (secondary N) is 1. The molecule has 0 saturated heterocycles. The van der Waals surface area contributed by atoms with Crippen molar-refractivity contribution >= 4 is 29.1 Å². The lowest BCUT2D eigenvalue weighted by Gasteiger charge is -2.36. The molecule has 6 atom stereocenters. The minimum atomic E-state index is -0.907. The average molecular weight is 651 g/mol. The number of thiazole rings is 1. The van der Waals surface area contributed by atoms with E-state index < -0.39 is 30.1 Å². The van der Waals surface area contributed by atoms with Gasteiger partial charge in [0.1, 0.15) is 16.8 Å². The third kappa shape index (κ3) is 10.7. The predicted octanol–water partition coefficient (Wildman–Crippen LogP) is 6.10. The van der Waals surface area contributed by atoms with Crippen LogP contribution in [0.25, 0.3) is 0 Å². The number of carboxylic acids is 1. The van der Waals surface area contributed by atoms with Gasteiger partial charge in [-0.15, -0.1) is 11.3 Å². The molecule has 4 N–H and O–H groups in total. The number of carbonyl (C=O) groups is 3. The van der Waals surface area contributed by atoms with Crippen LogP contribution in [-0.2, 0) is 27.4 Å². The second kappa shape index (κ2) is 17.9. The first-order chi connectivity index (χ1) is 21.9. The van der Waals surface area contributed by atoms with Gasteiger partial charge in [-0.25, -0.2) is 4.98 Å². The molecule has 250 valence electrons. The number of aliphatic carboxylic acids is 1. The van der Waals surface area contributed by atoms with Gasteiger partial charge in [0.2, 0.25) is 5.91 Å². The van der Waals surface area contributed by atoms with Gasteiger partial charge in [0.25, 0.3) is 5.91 Å². The molecule has 0 aliphatic heterocycles. The van der Waals surface area contributed by atoms with Crippen molar-refractivity contribution in [3.05, 3.63) is 87.9 Å². The molecule has 6 unspecified atom stereocenters. The molecule has 2 aromatic carbocycles. The smallest absolute Gasteiger partial charge is 0.306 e. The van der Waals surface area contributed by atoms with Crippen LogP contribution in [-0.4, -0.2) is 57.9 Å². The highest BCUT2D eigenvalue weighted by Crippen LogP contribution is 2.31. The Labute approximate surface area is 277 Å². The topological polar surface area (TPSA) is 135 Å². The summed E-state index contributed by atoms with van der Waals surface area (Å²) in [5, 5.41) is 14.9. The van der Waals surface area contributed by atoms with Gasteiger partial charge in [-0.2, -0.15) is 0 Å². The normalized spacial score (nSPS) is 15.4. The number of ether oxygens (including phenoxy) is 1. The Kier molecular flexibility index (Phi) is 14.4. The van der Waals surface area contributed by atoms with Crippen LogP contribution in [0.4, 0.5) is 0 Å². The summed E-state index contributed by atoms with van der Waals surface area (Å²) in [6.07, 6.45) is 1.58. The van der Waals surface area contributed by atoms with Crippen molar-refractivity contribution in [3.8, 4) is 0 Å². The monoisotopic (exact) mass is 650 g/mol. The average Bonchev–Trinajstić information content (AvgIpc) is 3.54. The first-order valence-corrected chi connectivity index (χ1v) is 17.0. The van der Waals surface area contributed by atoms with Crippen molar-refractivity contribution in [1.82, 2.24) is 15.2 Å². The minimum absolute atomic E-state index is 0.0529. The SMILES string of the molecule is CCC(C)C(N)C(=O)N(C)C(CC(OCc1ccccc1)c1nc(C(=O)NC(Cc2ccccc2)CC(C)C(=O)O)cs1)C(C)C. The second-order valence-corrected chi connectivity index (χ2v) is 13.5. The summed E-state index contributed by atoms with van der Waals surface area (Å²) in [5.74, 6) is -1.84. The van der Waals surface area contributed by atoms with E-state index in [9.17, 15) is 19.5 Å². The van der Waals surface area contributed by atoms with Crippen molar-refractivity contribution in [2.75, 3.05) is 7.05 Å². The van der Waals surface area contributed by atoms with Gasteiger partial charge in [0, 0.05) is 30.9 Å². The number of aromatic nitrogens is 1. The highest BCUT2D eigenvalue weighted by atomic mass is 32.1. The van der Waals surface area contributed by atoms with E-state index in [4.69, 9.17) is 15.5 Å². The van der Waals surface area contributed by atoms with Crippen LogP contribution in [0.3, 0.4) is 0 Å². The number of likely N-dealkylation sites (N-methyl/N-ethyl adjacent to an activating group) is 1. The lowest BCUT2D eigenvalue weighted by Crippen LogP contribution is -2.51. The van der Waals surface area contributed by atoms with Crippen molar-refractivity contribution in [2.45, 2.75) is 91.1 Å². The summed E-state index contributed by atoms with van der Waals surface area (Å²) in [6.45, 7) is 10.1. The number of amides is 2. The summed E-state index contributed by atoms with van der Waals surface area (Å²) in [6, 6.07) is 18.4. The number of hydrogen-bond acceptors (Lipinski definition) is 7. The summed E-state index contributed by atoms with van der Waals surface area (Å²) in [5.41, 5.74) is 8.60. The van der Waals surface area contributed by atoms with E-state index >= 15 is 0 Å². The molecule has 3 aromatic rings. The molecule has 0 spiro atoms. The van der Waals surface area contributed by atoms with Gasteiger partial charge in [-0.3, -0.25) is 14.4 Å². The van der Waals surface area contributed by atoms with Crippen molar-refractivity contribution in [2.24, 2.45) is 23.5 Å². The van der Waals surface area contributed by atoms with Crippen LogP contribution in [0.2, 0.25) is 0 Å². The highest BCUT2D eigenvalue weighted by molar-refractivity contribution is 7.09. The van der Waals surface area contributed by atoms with Crippen molar-refractivity contribution in [3.63, 3.8) is 0 Å². The fraction of sp³-hybridized carbons (Fsp3) is 0.500. The number of nitrogens with two attached hydrogens (primary N) is 1. The number of benzene rings is 2. The van der Waals surface area contributed by atoms with Crippen molar-refractivity contribution < 1.29 is 24.2 Å². The largest absolute Gasteiger partial charge is 0.481 e. The Balaban J connectivity index is 1.85. The van der Waals surface area contributed by atoms with Crippen LogP contribution >= 0.6 is 11.3 Å². The molecule has 1 heterocycles. The zero-order valence-corrected chi connectivity index (χ0v) is 28.7. The molecule has 0 bridgehead atoms. The molecule has 1 aromatic heterocycles. The number of hydrogen-bond donors (Lipinski definition) is 3. The van der Waals surface area contributed by atoms with Crippen LogP contribution in [0.15, 0.2) is 66.0 Å². The van der Waals surface area contributed by atoms with Gasteiger partial charge < -0.3 is 25.8 Å². The molecule has 9 nitrogen and oxygen atoms in total. The van der Waals surface area contributed by atoms with Gasteiger partial charge in [-0.1, -0.05) is 102 Å². The number of carboxylic acid groups (broad SMARTS) is 1. The molecule has 0 aliphatic rings. The predicted molar refractivity (Wildman–Crippen MR) is 182 cm³/mol. The first-order valence-electron chi connectivity index (χ1n) is 16.1. The van der Waals surface area contributed by atoms with Gasteiger partial charge >= 0.3 is 5.97 Å². The maximum absolute atomic E-state index is 13.5. The zero-order valence-electron chi connectivity index (χ0n) is 27.9. The lowest BCUT2D eigenvalue weighted by atomic mass is 9.93. The third-order valence-corrected chi connectivity index (χ3v) is 9.59. The molecule has 46 heavy (non-hydrogen) atoms. The van der Waals surface area contributed by atoms with Crippen LogP contribution < -0.4 is 11.1 Å². The fourth-order valence-electron chi connectivity index (χ4n) is 5.42. The molecule has 3 rings (SSSR count). The second-order valence-electron chi connectivity index (χ2n) is 12.6. The number of nitrogens with zero attached hydrogens (tertiary/aromatic N) is 2. The Morgan fingerprint density at radius 2 is 1.59 bits per heavy atom. The van der Waals surface area contributed by atoms with Gasteiger partial charge in [-0.05, 0) is 35.8 Å². The van der Waals surface area contributed by atoms with E-state index in [-0.39, 0.29) is 41.8 Å². The van der Waals surface area contributed by atoms with Crippen LogP contribution in [0.1, 0.15) is 86.6 Å². The molecule has 0 fully saturated rings.